The lowest BCUT2D eigenvalue weighted by Crippen LogP contribution is -2.26. The monoisotopic (exact) mass is 299 g/mol. The molecule has 0 fully saturated rings. The summed E-state index contributed by atoms with van der Waals surface area (Å²) in [4.78, 5) is 11.1. The van der Waals surface area contributed by atoms with Crippen molar-refractivity contribution < 1.29 is 4.74 Å². The van der Waals surface area contributed by atoms with Crippen LogP contribution in [0.5, 0.6) is 0 Å². The van der Waals surface area contributed by atoms with Crippen LogP contribution < -0.4 is 4.90 Å². The molecule has 4 nitrogen and oxygen atoms in total. The molecule has 1 unspecified atom stereocenters. The highest BCUT2D eigenvalue weighted by Crippen LogP contribution is 2.42. The molecule has 0 bridgehead atoms. The first-order valence-corrected chi connectivity index (χ1v) is 7.33. The molecule has 5 heteroatoms. The molecular weight excluding hydrogens is 286 g/mol. The summed E-state index contributed by atoms with van der Waals surface area (Å²) in [6.07, 6.45) is 4.55. The molecule has 0 spiro atoms. The van der Waals surface area contributed by atoms with E-state index in [9.17, 15) is 0 Å². The van der Waals surface area contributed by atoms with Crippen LogP contribution >= 0.6 is 11.6 Å². The van der Waals surface area contributed by atoms with Crippen LogP contribution in [0.25, 0.3) is 5.76 Å². The van der Waals surface area contributed by atoms with Crippen molar-refractivity contribution in [3.63, 3.8) is 0 Å². The smallest absolute Gasteiger partial charge is 0.163 e. The second kappa shape index (κ2) is 4.74. The van der Waals surface area contributed by atoms with Gasteiger partial charge in [-0.1, -0.05) is 17.7 Å². The standard InChI is InChI=1S/C16H14ClN3O/c1-10-7-11-9-20(13-4-2-3-12(17)8-13)16-14(15(11)21-10)18-5-6-19-16/h2-6,8,10H,7,9H2,1H3. The van der Waals surface area contributed by atoms with Gasteiger partial charge in [0, 0.05) is 36.1 Å². The number of nitrogens with zero attached hydrogens (tertiary/aromatic N) is 3. The third-order valence-corrected chi connectivity index (χ3v) is 4.03. The van der Waals surface area contributed by atoms with Crippen LogP contribution in [0, 0.1) is 0 Å². The molecule has 4 rings (SSSR count). The Bertz CT molecular complexity index is 744. The lowest BCUT2D eigenvalue weighted by molar-refractivity contribution is 0.209. The van der Waals surface area contributed by atoms with Crippen molar-refractivity contribution in [3.05, 3.63) is 52.9 Å². The maximum absolute atomic E-state index is 6.13. The number of benzene rings is 1. The molecule has 2 aromatic rings. The molecular formula is C16H14ClN3O. The summed E-state index contributed by atoms with van der Waals surface area (Å²) >= 11 is 6.13. The van der Waals surface area contributed by atoms with E-state index < -0.39 is 0 Å². The summed E-state index contributed by atoms with van der Waals surface area (Å²) < 4.78 is 5.92. The maximum Gasteiger partial charge on any atom is 0.163 e. The van der Waals surface area contributed by atoms with E-state index in [1.165, 1.54) is 5.57 Å². The average Bonchev–Trinajstić information content (AvgIpc) is 2.87. The number of rotatable bonds is 1. The van der Waals surface area contributed by atoms with Crippen molar-refractivity contribution in [1.29, 1.82) is 0 Å². The van der Waals surface area contributed by atoms with E-state index in [-0.39, 0.29) is 6.10 Å². The van der Waals surface area contributed by atoms with E-state index in [4.69, 9.17) is 16.3 Å². The Morgan fingerprint density at radius 2 is 2.14 bits per heavy atom. The molecule has 0 radical (unpaired) electrons. The van der Waals surface area contributed by atoms with Crippen molar-refractivity contribution in [1.82, 2.24) is 9.97 Å². The minimum Gasteiger partial charge on any atom is -0.488 e. The number of anilines is 2. The van der Waals surface area contributed by atoms with E-state index in [2.05, 4.69) is 21.8 Å². The zero-order chi connectivity index (χ0) is 14.4. The lowest BCUT2D eigenvalue weighted by Gasteiger charge is -2.29. The molecule has 2 aliphatic heterocycles. The highest BCUT2D eigenvalue weighted by molar-refractivity contribution is 6.30. The minimum absolute atomic E-state index is 0.198. The fraction of sp³-hybridized carbons (Fsp3) is 0.250. The molecule has 0 N–H and O–H groups in total. The van der Waals surface area contributed by atoms with Crippen molar-refractivity contribution in [2.24, 2.45) is 0 Å². The van der Waals surface area contributed by atoms with Crippen molar-refractivity contribution in [2.45, 2.75) is 19.4 Å². The van der Waals surface area contributed by atoms with Gasteiger partial charge in [0.25, 0.3) is 0 Å². The normalized spacial score (nSPS) is 20.1. The summed E-state index contributed by atoms with van der Waals surface area (Å²) in [6.45, 7) is 2.85. The van der Waals surface area contributed by atoms with Gasteiger partial charge >= 0.3 is 0 Å². The van der Waals surface area contributed by atoms with E-state index in [0.717, 1.165) is 35.9 Å². The second-order valence-corrected chi connectivity index (χ2v) is 5.80. The molecule has 1 atom stereocenters. The van der Waals surface area contributed by atoms with Gasteiger partial charge in [-0.25, -0.2) is 9.97 Å². The largest absolute Gasteiger partial charge is 0.488 e. The average molecular weight is 300 g/mol. The van der Waals surface area contributed by atoms with Crippen molar-refractivity contribution >= 4 is 28.9 Å². The number of hydrogen-bond donors (Lipinski definition) is 0. The number of ether oxygens (including phenoxy) is 1. The molecule has 0 saturated carbocycles. The SMILES string of the molecule is CC1CC2=C(O1)c1nccnc1N(c1cccc(Cl)c1)C2. The number of fused-ring (bicyclic) bond motifs is 2. The zero-order valence-corrected chi connectivity index (χ0v) is 12.3. The zero-order valence-electron chi connectivity index (χ0n) is 11.6. The Morgan fingerprint density at radius 1 is 1.29 bits per heavy atom. The molecule has 1 aromatic heterocycles. The third-order valence-electron chi connectivity index (χ3n) is 3.79. The van der Waals surface area contributed by atoms with Crippen LogP contribution in [-0.2, 0) is 4.74 Å². The quantitative estimate of drug-likeness (QED) is 0.803. The predicted octanol–water partition coefficient (Wildman–Crippen LogP) is 3.80. The van der Waals surface area contributed by atoms with Crippen LogP contribution in [0.3, 0.4) is 0 Å². The maximum atomic E-state index is 6.13. The first-order valence-electron chi connectivity index (χ1n) is 6.95. The number of hydrogen-bond acceptors (Lipinski definition) is 4. The lowest BCUT2D eigenvalue weighted by atomic mass is 10.0. The van der Waals surface area contributed by atoms with Gasteiger partial charge in [-0.05, 0) is 30.7 Å². The van der Waals surface area contributed by atoms with Crippen LogP contribution in [0.4, 0.5) is 11.5 Å². The van der Waals surface area contributed by atoms with E-state index >= 15 is 0 Å². The van der Waals surface area contributed by atoms with Gasteiger partial charge in [-0.15, -0.1) is 0 Å². The highest BCUT2D eigenvalue weighted by atomic mass is 35.5. The van der Waals surface area contributed by atoms with Gasteiger partial charge in [0.2, 0.25) is 0 Å². The molecule has 0 aliphatic carbocycles. The van der Waals surface area contributed by atoms with Crippen molar-refractivity contribution in [3.8, 4) is 0 Å². The van der Waals surface area contributed by atoms with Gasteiger partial charge < -0.3 is 9.64 Å². The summed E-state index contributed by atoms with van der Waals surface area (Å²) in [6, 6.07) is 7.81. The Balaban J connectivity index is 1.85. The predicted molar refractivity (Wildman–Crippen MR) is 82.6 cm³/mol. The molecule has 21 heavy (non-hydrogen) atoms. The van der Waals surface area contributed by atoms with E-state index in [1.807, 2.05) is 24.3 Å². The topological polar surface area (TPSA) is 38.3 Å². The molecule has 1 aromatic carbocycles. The Hall–Kier alpha value is -2.07. The summed E-state index contributed by atoms with van der Waals surface area (Å²) in [5.74, 6) is 1.73. The molecule has 0 amide bonds. The van der Waals surface area contributed by atoms with Gasteiger partial charge in [0.05, 0.1) is 6.10 Å². The van der Waals surface area contributed by atoms with Gasteiger partial charge in [0.1, 0.15) is 11.5 Å². The van der Waals surface area contributed by atoms with Gasteiger partial charge in [0.15, 0.2) is 5.82 Å². The number of halogens is 1. The molecule has 2 aliphatic rings. The van der Waals surface area contributed by atoms with Crippen LogP contribution in [0.2, 0.25) is 5.02 Å². The van der Waals surface area contributed by atoms with Crippen LogP contribution in [0.1, 0.15) is 19.0 Å². The summed E-state index contributed by atoms with van der Waals surface area (Å²) in [5.41, 5.74) is 3.12. The molecule has 0 saturated heterocycles. The number of aromatic nitrogens is 2. The van der Waals surface area contributed by atoms with Crippen LogP contribution in [0.15, 0.2) is 42.2 Å². The van der Waals surface area contributed by atoms with Gasteiger partial charge in [-0.2, -0.15) is 0 Å². The highest BCUT2D eigenvalue weighted by Gasteiger charge is 2.34. The van der Waals surface area contributed by atoms with Crippen LogP contribution in [-0.4, -0.2) is 22.6 Å². The van der Waals surface area contributed by atoms with Gasteiger partial charge in [-0.3, -0.25) is 0 Å². The molecule has 3 heterocycles. The minimum atomic E-state index is 0.198. The third kappa shape index (κ3) is 2.07. The fourth-order valence-electron chi connectivity index (χ4n) is 2.94. The summed E-state index contributed by atoms with van der Waals surface area (Å²) in [5, 5.41) is 0.716. The first-order chi connectivity index (χ1) is 10.2. The van der Waals surface area contributed by atoms with E-state index in [1.54, 1.807) is 12.4 Å². The Labute approximate surface area is 128 Å². The van der Waals surface area contributed by atoms with E-state index in [0.29, 0.717) is 5.02 Å². The summed E-state index contributed by atoms with van der Waals surface area (Å²) in [7, 11) is 0. The first kappa shape index (κ1) is 12.7. The Kier molecular flexibility index (Phi) is 2.86. The second-order valence-electron chi connectivity index (χ2n) is 5.36. The fourth-order valence-corrected chi connectivity index (χ4v) is 3.12. The Morgan fingerprint density at radius 3 is 3.00 bits per heavy atom. The molecule has 106 valence electrons. The van der Waals surface area contributed by atoms with Crippen molar-refractivity contribution in [2.75, 3.05) is 11.4 Å².